The van der Waals surface area contributed by atoms with E-state index in [1.807, 2.05) is 0 Å². The molecule has 0 bridgehead atoms. The van der Waals surface area contributed by atoms with Gasteiger partial charge in [0.15, 0.2) is 0 Å². The van der Waals surface area contributed by atoms with Crippen molar-refractivity contribution in [3.63, 3.8) is 0 Å². The van der Waals surface area contributed by atoms with Crippen molar-refractivity contribution in [2.75, 3.05) is 24.7 Å². The summed E-state index contributed by atoms with van der Waals surface area (Å²) in [5, 5.41) is 3.74. The van der Waals surface area contributed by atoms with Gasteiger partial charge >= 0.3 is 0 Å². The second kappa shape index (κ2) is 5.72. The molecule has 0 radical (unpaired) electrons. The monoisotopic (exact) mass is 271 g/mol. The fourth-order valence-corrected chi connectivity index (χ4v) is 4.99. The summed E-state index contributed by atoms with van der Waals surface area (Å²) >= 11 is 2.07. The van der Waals surface area contributed by atoms with Gasteiger partial charge in [-0.25, -0.2) is 0 Å². The maximum Gasteiger partial charge on any atom is 0.0783 e. The van der Waals surface area contributed by atoms with Crippen molar-refractivity contribution < 1.29 is 4.74 Å². The molecule has 2 aliphatic rings. The minimum atomic E-state index is 0.215. The summed E-state index contributed by atoms with van der Waals surface area (Å²) in [4.78, 5) is 0. The molecule has 3 heteroatoms. The van der Waals surface area contributed by atoms with Crippen LogP contribution in [0.4, 0.5) is 0 Å². The van der Waals surface area contributed by atoms with Gasteiger partial charge in [-0.15, -0.1) is 0 Å². The zero-order valence-corrected chi connectivity index (χ0v) is 13.2. The van der Waals surface area contributed by atoms with Crippen molar-refractivity contribution in [2.24, 2.45) is 11.3 Å². The topological polar surface area (TPSA) is 21.3 Å². The third-order valence-corrected chi connectivity index (χ3v) is 5.65. The highest BCUT2D eigenvalue weighted by Gasteiger charge is 2.44. The molecular weight excluding hydrogens is 242 g/mol. The summed E-state index contributed by atoms with van der Waals surface area (Å²) in [5.41, 5.74) is 0.553. The van der Waals surface area contributed by atoms with Crippen LogP contribution in [0.15, 0.2) is 0 Å². The third-order valence-electron chi connectivity index (χ3n) is 4.43. The summed E-state index contributed by atoms with van der Waals surface area (Å²) in [6.45, 7) is 11.4. The Hall–Kier alpha value is 0.270. The molecule has 2 fully saturated rings. The third kappa shape index (κ3) is 3.23. The summed E-state index contributed by atoms with van der Waals surface area (Å²) in [6.07, 6.45) is 3.74. The van der Waals surface area contributed by atoms with E-state index in [1.54, 1.807) is 0 Å². The summed E-state index contributed by atoms with van der Waals surface area (Å²) in [7, 11) is 0. The average Bonchev–Trinajstić information content (AvgIpc) is 2.72. The second-order valence-corrected chi connectivity index (χ2v) is 8.09. The molecule has 0 aromatic heterocycles. The van der Waals surface area contributed by atoms with Gasteiger partial charge in [0.2, 0.25) is 0 Å². The van der Waals surface area contributed by atoms with Gasteiger partial charge in [0.25, 0.3) is 0 Å². The Labute approximate surface area is 117 Å². The maximum absolute atomic E-state index is 6.15. The van der Waals surface area contributed by atoms with Gasteiger partial charge in [-0.2, -0.15) is 11.8 Å². The first-order valence-corrected chi connectivity index (χ1v) is 8.57. The quantitative estimate of drug-likeness (QED) is 0.851. The minimum absolute atomic E-state index is 0.215. The second-order valence-electron chi connectivity index (χ2n) is 6.99. The molecule has 1 spiro atoms. The Kier molecular flexibility index (Phi) is 4.66. The molecule has 2 nitrogen and oxygen atoms in total. The van der Waals surface area contributed by atoms with E-state index in [4.69, 9.17) is 4.74 Å². The van der Waals surface area contributed by atoms with Crippen molar-refractivity contribution in [3.05, 3.63) is 0 Å². The average molecular weight is 271 g/mol. The van der Waals surface area contributed by atoms with Crippen LogP contribution in [-0.2, 0) is 4.74 Å². The Bertz CT molecular complexity index is 268. The lowest BCUT2D eigenvalue weighted by molar-refractivity contribution is -0.0913. The first kappa shape index (κ1) is 14.7. The Balaban J connectivity index is 2.06. The van der Waals surface area contributed by atoms with Gasteiger partial charge in [-0.1, -0.05) is 27.7 Å². The molecule has 0 amide bonds. The van der Waals surface area contributed by atoms with Crippen molar-refractivity contribution in [3.8, 4) is 0 Å². The molecular formula is C15H29NOS. The molecule has 18 heavy (non-hydrogen) atoms. The Morgan fingerprint density at radius 2 is 2.22 bits per heavy atom. The summed E-state index contributed by atoms with van der Waals surface area (Å²) < 4.78 is 6.15. The zero-order valence-electron chi connectivity index (χ0n) is 12.4. The number of ether oxygens (including phenoxy) is 1. The zero-order chi connectivity index (χ0) is 13.2. The van der Waals surface area contributed by atoms with Crippen LogP contribution in [0, 0.1) is 11.3 Å². The SMILES string of the molecule is CCNC(C1CCOC2(CCSC2)C1)C(C)(C)C. The van der Waals surface area contributed by atoms with Gasteiger partial charge in [-0.3, -0.25) is 0 Å². The van der Waals surface area contributed by atoms with Gasteiger partial charge in [-0.05, 0) is 42.9 Å². The standard InChI is InChI=1S/C15H29NOS/c1-5-16-13(14(2,3)4)12-6-8-17-15(10-12)7-9-18-11-15/h12-13,16H,5-11H2,1-4H3. The summed E-state index contributed by atoms with van der Waals surface area (Å²) in [5.74, 6) is 3.28. The van der Waals surface area contributed by atoms with E-state index in [0.29, 0.717) is 11.5 Å². The highest BCUT2D eigenvalue weighted by Crippen LogP contribution is 2.43. The van der Waals surface area contributed by atoms with Crippen LogP contribution >= 0.6 is 11.8 Å². The Morgan fingerprint density at radius 3 is 2.78 bits per heavy atom. The first-order chi connectivity index (χ1) is 8.47. The molecule has 3 unspecified atom stereocenters. The van der Waals surface area contributed by atoms with E-state index in [1.165, 1.54) is 30.8 Å². The number of rotatable bonds is 3. The van der Waals surface area contributed by atoms with Gasteiger partial charge in [0, 0.05) is 18.4 Å². The smallest absolute Gasteiger partial charge is 0.0783 e. The van der Waals surface area contributed by atoms with Crippen LogP contribution in [0.25, 0.3) is 0 Å². The fraction of sp³-hybridized carbons (Fsp3) is 1.00. The van der Waals surface area contributed by atoms with E-state index >= 15 is 0 Å². The Morgan fingerprint density at radius 1 is 1.44 bits per heavy atom. The molecule has 0 aliphatic carbocycles. The van der Waals surface area contributed by atoms with Crippen LogP contribution in [0.2, 0.25) is 0 Å². The first-order valence-electron chi connectivity index (χ1n) is 7.42. The molecule has 2 rings (SSSR count). The van der Waals surface area contributed by atoms with Gasteiger partial charge in [0.05, 0.1) is 5.60 Å². The lowest BCUT2D eigenvalue weighted by Gasteiger charge is -2.45. The van der Waals surface area contributed by atoms with Crippen LogP contribution in [0.5, 0.6) is 0 Å². The highest BCUT2D eigenvalue weighted by molar-refractivity contribution is 7.99. The lowest BCUT2D eigenvalue weighted by Crippen LogP contribution is -2.51. The van der Waals surface area contributed by atoms with Crippen molar-refractivity contribution >= 4 is 11.8 Å². The predicted molar refractivity (Wildman–Crippen MR) is 80.3 cm³/mol. The van der Waals surface area contributed by atoms with Crippen LogP contribution in [0.3, 0.4) is 0 Å². The van der Waals surface area contributed by atoms with Crippen molar-refractivity contribution in [1.82, 2.24) is 5.32 Å². The molecule has 0 aromatic carbocycles. The van der Waals surface area contributed by atoms with Gasteiger partial charge < -0.3 is 10.1 Å². The van der Waals surface area contributed by atoms with Crippen molar-refractivity contribution in [2.45, 2.75) is 58.6 Å². The molecule has 3 atom stereocenters. The largest absolute Gasteiger partial charge is 0.374 e. The number of thioether (sulfide) groups is 1. The van der Waals surface area contributed by atoms with Crippen molar-refractivity contribution in [1.29, 1.82) is 0 Å². The maximum atomic E-state index is 6.15. The van der Waals surface area contributed by atoms with E-state index < -0.39 is 0 Å². The minimum Gasteiger partial charge on any atom is -0.374 e. The number of nitrogens with one attached hydrogen (secondary N) is 1. The molecule has 2 aliphatic heterocycles. The molecule has 106 valence electrons. The lowest BCUT2D eigenvalue weighted by atomic mass is 9.72. The van der Waals surface area contributed by atoms with E-state index in [2.05, 4.69) is 44.8 Å². The number of hydrogen-bond donors (Lipinski definition) is 1. The fourth-order valence-electron chi connectivity index (χ4n) is 3.61. The number of hydrogen-bond acceptors (Lipinski definition) is 3. The van der Waals surface area contributed by atoms with Crippen LogP contribution in [-0.4, -0.2) is 36.3 Å². The summed E-state index contributed by atoms with van der Waals surface area (Å²) in [6, 6.07) is 0.619. The highest BCUT2D eigenvalue weighted by atomic mass is 32.2. The molecule has 0 saturated carbocycles. The molecule has 2 saturated heterocycles. The van der Waals surface area contributed by atoms with E-state index in [-0.39, 0.29) is 5.60 Å². The van der Waals surface area contributed by atoms with E-state index in [9.17, 15) is 0 Å². The predicted octanol–water partition coefficient (Wildman–Crippen LogP) is 3.31. The normalized spacial score (nSPS) is 35.0. The van der Waals surface area contributed by atoms with Gasteiger partial charge in [0.1, 0.15) is 0 Å². The van der Waals surface area contributed by atoms with Crippen LogP contribution in [0.1, 0.15) is 47.0 Å². The molecule has 1 N–H and O–H groups in total. The molecule has 0 aromatic rings. The van der Waals surface area contributed by atoms with E-state index in [0.717, 1.165) is 19.1 Å². The van der Waals surface area contributed by atoms with Crippen LogP contribution < -0.4 is 5.32 Å². The molecule has 2 heterocycles.